The van der Waals surface area contributed by atoms with E-state index in [1.54, 1.807) is 21.9 Å². The molecule has 0 unspecified atom stereocenters. The van der Waals surface area contributed by atoms with Crippen LogP contribution in [0.15, 0.2) is 36.4 Å². The number of benzene rings is 2. The summed E-state index contributed by atoms with van der Waals surface area (Å²) in [5, 5.41) is 0.0869. The molecule has 1 aliphatic rings. The van der Waals surface area contributed by atoms with Crippen LogP contribution in [0.1, 0.15) is 26.3 Å². The second-order valence-electron chi connectivity index (χ2n) is 6.28. The van der Waals surface area contributed by atoms with Crippen LogP contribution in [-0.4, -0.2) is 47.8 Å². The van der Waals surface area contributed by atoms with Crippen LogP contribution in [-0.2, 0) is 0 Å². The summed E-state index contributed by atoms with van der Waals surface area (Å²) in [5.74, 6) is -0.844. The van der Waals surface area contributed by atoms with Crippen LogP contribution in [0.2, 0.25) is 5.02 Å². The van der Waals surface area contributed by atoms with Gasteiger partial charge in [0, 0.05) is 37.4 Å². The maximum atomic E-state index is 13.2. The maximum Gasteiger partial charge on any atom is 0.255 e. The summed E-state index contributed by atoms with van der Waals surface area (Å²) in [4.78, 5) is 28.6. The minimum Gasteiger partial charge on any atom is -0.399 e. The molecule has 1 aliphatic heterocycles. The van der Waals surface area contributed by atoms with Crippen molar-refractivity contribution < 1.29 is 14.0 Å². The van der Waals surface area contributed by atoms with Crippen molar-refractivity contribution in [1.29, 1.82) is 0 Å². The van der Waals surface area contributed by atoms with Crippen LogP contribution >= 0.6 is 11.6 Å². The van der Waals surface area contributed by atoms with Gasteiger partial charge in [0.25, 0.3) is 11.8 Å². The Balaban J connectivity index is 1.68. The molecule has 0 atom stereocenters. The second-order valence-corrected chi connectivity index (χ2v) is 6.69. The third-order valence-electron chi connectivity index (χ3n) is 4.51. The highest BCUT2D eigenvalue weighted by molar-refractivity contribution is 6.33. The van der Waals surface area contributed by atoms with Crippen LogP contribution < -0.4 is 5.73 Å². The highest BCUT2D eigenvalue weighted by atomic mass is 35.5. The van der Waals surface area contributed by atoms with E-state index in [-0.39, 0.29) is 22.4 Å². The number of aryl methyl sites for hydroxylation is 1. The lowest BCUT2D eigenvalue weighted by Gasteiger charge is -2.35. The first-order chi connectivity index (χ1) is 12.4. The maximum absolute atomic E-state index is 13.2. The number of rotatable bonds is 2. The number of hydrogen-bond acceptors (Lipinski definition) is 3. The van der Waals surface area contributed by atoms with Crippen molar-refractivity contribution in [2.75, 3.05) is 31.9 Å². The molecule has 2 aromatic carbocycles. The van der Waals surface area contributed by atoms with E-state index in [2.05, 4.69) is 0 Å². The quantitative estimate of drug-likeness (QED) is 0.820. The number of nitrogen functional groups attached to an aromatic ring is 1. The zero-order valence-corrected chi connectivity index (χ0v) is 15.1. The number of anilines is 1. The summed E-state index contributed by atoms with van der Waals surface area (Å²) < 4.78 is 13.2. The molecule has 7 heteroatoms. The summed E-state index contributed by atoms with van der Waals surface area (Å²) >= 11 is 5.97. The Labute approximate surface area is 156 Å². The molecule has 0 radical (unpaired) electrons. The highest BCUT2D eigenvalue weighted by Crippen LogP contribution is 2.21. The molecule has 0 spiro atoms. The Bertz CT molecular complexity index is 864. The molecule has 0 bridgehead atoms. The topological polar surface area (TPSA) is 66.6 Å². The van der Waals surface area contributed by atoms with E-state index >= 15 is 0 Å². The molecular formula is C19H19ClFN3O2. The average molecular weight is 376 g/mol. The molecule has 136 valence electrons. The van der Waals surface area contributed by atoms with E-state index in [9.17, 15) is 14.0 Å². The van der Waals surface area contributed by atoms with Gasteiger partial charge in [-0.15, -0.1) is 0 Å². The van der Waals surface area contributed by atoms with Crippen molar-refractivity contribution in [3.63, 3.8) is 0 Å². The van der Waals surface area contributed by atoms with Gasteiger partial charge in [-0.1, -0.05) is 17.7 Å². The first-order valence-corrected chi connectivity index (χ1v) is 8.64. The molecule has 1 fully saturated rings. The van der Waals surface area contributed by atoms with Crippen LogP contribution in [0.3, 0.4) is 0 Å². The molecule has 2 amide bonds. The lowest BCUT2D eigenvalue weighted by molar-refractivity contribution is 0.0535. The fourth-order valence-electron chi connectivity index (χ4n) is 2.99. The Morgan fingerprint density at radius 2 is 1.54 bits per heavy atom. The number of carbonyl (C=O) groups is 2. The predicted molar refractivity (Wildman–Crippen MR) is 98.8 cm³/mol. The summed E-state index contributed by atoms with van der Waals surface area (Å²) in [6, 6.07) is 8.97. The van der Waals surface area contributed by atoms with Crippen LogP contribution in [0.4, 0.5) is 10.1 Å². The van der Waals surface area contributed by atoms with E-state index in [0.29, 0.717) is 37.4 Å². The summed E-state index contributed by atoms with van der Waals surface area (Å²) in [5.41, 5.74) is 8.02. The van der Waals surface area contributed by atoms with E-state index in [1.165, 1.54) is 12.1 Å². The second kappa shape index (κ2) is 7.33. The Morgan fingerprint density at radius 3 is 2.12 bits per heavy atom. The van der Waals surface area contributed by atoms with Gasteiger partial charge in [0.1, 0.15) is 5.82 Å². The molecule has 1 heterocycles. The van der Waals surface area contributed by atoms with Crippen molar-refractivity contribution in [3.05, 3.63) is 63.9 Å². The standard InChI is InChI=1S/C19H19ClFN3O2/c1-12-2-4-14(22)11-16(12)19(26)24-8-6-23(7-9-24)18(25)15-5-3-13(21)10-17(15)20/h2-5,10-11H,6-9,22H2,1H3. The molecule has 0 aliphatic carbocycles. The molecule has 2 N–H and O–H groups in total. The van der Waals surface area contributed by atoms with Crippen LogP contribution in [0.5, 0.6) is 0 Å². The van der Waals surface area contributed by atoms with Gasteiger partial charge in [0.15, 0.2) is 0 Å². The molecule has 0 saturated carbocycles. The molecule has 0 aromatic heterocycles. The number of piperazine rings is 1. The minimum absolute atomic E-state index is 0.0869. The zero-order valence-electron chi connectivity index (χ0n) is 14.3. The predicted octanol–water partition coefficient (Wildman–Crippen LogP) is 2.97. The normalized spacial score (nSPS) is 14.4. The van der Waals surface area contributed by atoms with E-state index in [1.807, 2.05) is 13.0 Å². The van der Waals surface area contributed by atoms with Gasteiger partial charge in [-0.05, 0) is 42.8 Å². The molecule has 26 heavy (non-hydrogen) atoms. The number of halogens is 2. The summed E-state index contributed by atoms with van der Waals surface area (Å²) in [7, 11) is 0. The lowest BCUT2D eigenvalue weighted by atomic mass is 10.1. The molecule has 2 aromatic rings. The van der Waals surface area contributed by atoms with E-state index < -0.39 is 5.82 Å². The van der Waals surface area contributed by atoms with E-state index in [0.717, 1.165) is 11.6 Å². The fourth-order valence-corrected chi connectivity index (χ4v) is 3.23. The lowest BCUT2D eigenvalue weighted by Crippen LogP contribution is -2.50. The Morgan fingerprint density at radius 1 is 0.962 bits per heavy atom. The molecule has 5 nitrogen and oxygen atoms in total. The number of carbonyl (C=O) groups excluding carboxylic acids is 2. The Kier molecular flexibility index (Phi) is 5.13. The minimum atomic E-state index is -0.487. The SMILES string of the molecule is Cc1ccc(N)cc1C(=O)N1CCN(C(=O)c2ccc(F)cc2Cl)CC1. The highest BCUT2D eigenvalue weighted by Gasteiger charge is 2.27. The van der Waals surface area contributed by atoms with Gasteiger partial charge in [-0.2, -0.15) is 0 Å². The monoisotopic (exact) mass is 375 g/mol. The van der Waals surface area contributed by atoms with Gasteiger partial charge >= 0.3 is 0 Å². The third-order valence-corrected chi connectivity index (χ3v) is 4.82. The molecule has 3 rings (SSSR count). The van der Waals surface area contributed by atoms with Gasteiger partial charge in [0.05, 0.1) is 10.6 Å². The van der Waals surface area contributed by atoms with Crippen LogP contribution in [0, 0.1) is 12.7 Å². The van der Waals surface area contributed by atoms with Crippen molar-refractivity contribution in [1.82, 2.24) is 9.80 Å². The number of nitrogens with two attached hydrogens (primary N) is 1. The van der Waals surface area contributed by atoms with Gasteiger partial charge in [-0.3, -0.25) is 9.59 Å². The van der Waals surface area contributed by atoms with Crippen molar-refractivity contribution >= 4 is 29.1 Å². The molecule has 1 saturated heterocycles. The average Bonchev–Trinajstić information content (AvgIpc) is 2.63. The summed E-state index contributed by atoms with van der Waals surface area (Å²) in [6.07, 6.45) is 0. The van der Waals surface area contributed by atoms with Gasteiger partial charge in [0.2, 0.25) is 0 Å². The smallest absolute Gasteiger partial charge is 0.255 e. The summed E-state index contributed by atoms with van der Waals surface area (Å²) in [6.45, 7) is 3.47. The Hall–Kier alpha value is -2.60. The van der Waals surface area contributed by atoms with Gasteiger partial charge in [-0.25, -0.2) is 4.39 Å². The number of amides is 2. The molecular weight excluding hydrogens is 357 g/mol. The number of nitrogens with zero attached hydrogens (tertiary/aromatic N) is 2. The van der Waals surface area contributed by atoms with Crippen molar-refractivity contribution in [2.24, 2.45) is 0 Å². The zero-order chi connectivity index (χ0) is 18.8. The largest absolute Gasteiger partial charge is 0.399 e. The van der Waals surface area contributed by atoms with Gasteiger partial charge < -0.3 is 15.5 Å². The number of hydrogen-bond donors (Lipinski definition) is 1. The van der Waals surface area contributed by atoms with Crippen molar-refractivity contribution in [3.8, 4) is 0 Å². The third kappa shape index (κ3) is 3.65. The van der Waals surface area contributed by atoms with E-state index in [4.69, 9.17) is 17.3 Å². The fraction of sp³-hybridized carbons (Fsp3) is 0.263. The van der Waals surface area contributed by atoms with Crippen molar-refractivity contribution in [2.45, 2.75) is 6.92 Å². The first-order valence-electron chi connectivity index (χ1n) is 8.26. The first kappa shape index (κ1) is 18.2. The van der Waals surface area contributed by atoms with Crippen LogP contribution in [0.25, 0.3) is 0 Å².